The second kappa shape index (κ2) is 5.63. The molecule has 0 unspecified atom stereocenters. The van der Waals surface area contributed by atoms with Crippen LogP contribution in [-0.4, -0.2) is 40.9 Å². The molecule has 0 spiro atoms. The largest absolute Gasteiger partial charge is 0.449 e. The van der Waals surface area contributed by atoms with Gasteiger partial charge in [0.05, 0.1) is 6.61 Å². The molecule has 5 nitrogen and oxygen atoms in total. The van der Waals surface area contributed by atoms with Crippen molar-refractivity contribution in [2.75, 3.05) is 19.7 Å². The monoisotopic (exact) mass is 263 g/mol. The predicted octanol–water partition coefficient (Wildman–Crippen LogP) is 2.53. The summed E-state index contributed by atoms with van der Waals surface area (Å²) in [5.74, 6) is 0.979. The van der Waals surface area contributed by atoms with E-state index < -0.39 is 0 Å². The lowest BCUT2D eigenvalue weighted by atomic mass is 9.90. The van der Waals surface area contributed by atoms with E-state index in [9.17, 15) is 4.79 Å². The van der Waals surface area contributed by atoms with Crippen LogP contribution in [0.15, 0.2) is 12.3 Å². The summed E-state index contributed by atoms with van der Waals surface area (Å²) in [6.45, 7) is 2.08. The highest BCUT2D eigenvalue weighted by Crippen LogP contribution is 2.27. The Balaban J connectivity index is 1.38. The number of likely N-dealkylation sites (tertiary alicyclic amines) is 1. The molecule has 0 aromatic carbocycles. The molecule has 3 rings (SSSR count). The van der Waals surface area contributed by atoms with E-state index in [1.165, 1.54) is 32.1 Å². The van der Waals surface area contributed by atoms with E-state index in [-0.39, 0.29) is 6.09 Å². The molecule has 2 aliphatic rings. The summed E-state index contributed by atoms with van der Waals surface area (Å²) in [6, 6.07) is 1.97. The Hall–Kier alpha value is -1.52. The maximum Gasteiger partial charge on any atom is 0.409 e. The Labute approximate surface area is 113 Å². The van der Waals surface area contributed by atoms with Gasteiger partial charge in [0.2, 0.25) is 0 Å². The SMILES string of the molecule is O=C(OCC1CCCCC1)N1CC(c2ccn[nH]2)C1. The van der Waals surface area contributed by atoms with Gasteiger partial charge in [-0.2, -0.15) is 5.10 Å². The molecule has 104 valence electrons. The van der Waals surface area contributed by atoms with Gasteiger partial charge in [0, 0.05) is 30.9 Å². The lowest BCUT2D eigenvalue weighted by Gasteiger charge is -2.38. The maximum atomic E-state index is 11.9. The third kappa shape index (κ3) is 2.91. The van der Waals surface area contributed by atoms with E-state index in [1.54, 1.807) is 11.1 Å². The molecule has 0 atom stereocenters. The third-order valence-corrected chi connectivity index (χ3v) is 4.27. The van der Waals surface area contributed by atoms with Crippen LogP contribution in [0.4, 0.5) is 4.79 Å². The smallest absolute Gasteiger partial charge is 0.409 e. The van der Waals surface area contributed by atoms with Gasteiger partial charge in [-0.3, -0.25) is 5.10 Å². The first-order valence-electron chi connectivity index (χ1n) is 7.24. The topological polar surface area (TPSA) is 58.2 Å². The standard InChI is InChI=1S/C14H21N3O2/c18-14(19-10-11-4-2-1-3-5-11)17-8-12(9-17)13-6-7-15-16-13/h6-7,11-12H,1-5,8-10H2,(H,15,16). The molecule has 2 heterocycles. The molecule has 1 saturated carbocycles. The number of hydrogen-bond acceptors (Lipinski definition) is 3. The molecule has 2 fully saturated rings. The number of nitrogens with zero attached hydrogens (tertiary/aromatic N) is 2. The van der Waals surface area contributed by atoms with Crippen molar-refractivity contribution in [3.63, 3.8) is 0 Å². The van der Waals surface area contributed by atoms with Crippen LogP contribution in [0.25, 0.3) is 0 Å². The highest BCUT2D eigenvalue weighted by atomic mass is 16.6. The number of aromatic nitrogens is 2. The van der Waals surface area contributed by atoms with Crippen molar-refractivity contribution in [2.45, 2.75) is 38.0 Å². The van der Waals surface area contributed by atoms with Crippen molar-refractivity contribution >= 4 is 6.09 Å². The van der Waals surface area contributed by atoms with E-state index in [0.717, 1.165) is 18.8 Å². The van der Waals surface area contributed by atoms with E-state index in [2.05, 4.69) is 10.2 Å². The van der Waals surface area contributed by atoms with Crippen LogP contribution in [0.2, 0.25) is 0 Å². The van der Waals surface area contributed by atoms with Crippen molar-refractivity contribution < 1.29 is 9.53 Å². The molecular weight excluding hydrogens is 242 g/mol. The molecular formula is C14H21N3O2. The third-order valence-electron chi connectivity index (χ3n) is 4.27. The number of carbonyl (C=O) groups is 1. The molecule has 1 aliphatic carbocycles. The van der Waals surface area contributed by atoms with Gasteiger partial charge in [-0.15, -0.1) is 0 Å². The Bertz CT molecular complexity index is 406. The Morgan fingerprint density at radius 2 is 2.16 bits per heavy atom. The molecule has 1 aromatic heterocycles. The first-order chi connectivity index (χ1) is 9.33. The van der Waals surface area contributed by atoms with Crippen molar-refractivity contribution in [1.29, 1.82) is 0 Å². The number of nitrogens with one attached hydrogen (secondary N) is 1. The number of aromatic amines is 1. The fraction of sp³-hybridized carbons (Fsp3) is 0.714. The van der Waals surface area contributed by atoms with Crippen LogP contribution in [0.1, 0.15) is 43.7 Å². The first-order valence-corrected chi connectivity index (χ1v) is 7.24. The van der Waals surface area contributed by atoms with Gasteiger partial charge < -0.3 is 9.64 Å². The summed E-state index contributed by atoms with van der Waals surface area (Å²) < 4.78 is 5.41. The minimum atomic E-state index is -0.152. The van der Waals surface area contributed by atoms with Crippen LogP contribution in [0.5, 0.6) is 0 Å². The molecule has 0 radical (unpaired) electrons. The molecule has 1 saturated heterocycles. The quantitative estimate of drug-likeness (QED) is 0.911. The molecule has 1 N–H and O–H groups in total. The number of rotatable bonds is 3. The van der Waals surface area contributed by atoms with Gasteiger partial charge >= 0.3 is 6.09 Å². The van der Waals surface area contributed by atoms with Crippen LogP contribution >= 0.6 is 0 Å². The minimum Gasteiger partial charge on any atom is -0.449 e. The number of carbonyl (C=O) groups excluding carboxylic acids is 1. The normalized spacial score (nSPS) is 21.2. The number of hydrogen-bond donors (Lipinski definition) is 1. The highest BCUT2D eigenvalue weighted by molar-refractivity contribution is 5.69. The number of amides is 1. The second-order valence-electron chi connectivity index (χ2n) is 5.69. The molecule has 1 amide bonds. The number of H-pyrrole nitrogens is 1. The first kappa shape index (κ1) is 12.5. The van der Waals surface area contributed by atoms with Gasteiger partial charge in [0.15, 0.2) is 0 Å². The average molecular weight is 263 g/mol. The summed E-state index contributed by atoms with van der Waals surface area (Å²) in [5.41, 5.74) is 1.11. The van der Waals surface area contributed by atoms with Crippen molar-refractivity contribution in [1.82, 2.24) is 15.1 Å². The summed E-state index contributed by atoms with van der Waals surface area (Å²) in [6.07, 6.45) is 7.93. The van der Waals surface area contributed by atoms with Crippen molar-refractivity contribution in [3.8, 4) is 0 Å². The summed E-state index contributed by atoms with van der Waals surface area (Å²) in [4.78, 5) is 13.6. The Kier molecular flexibility index (Phi) is 3.71. The highest BCUT2D eigenvalue weighted by Gasteiger charge is 2.33. The average Bonchev–Trinajstić information content (AvgIpc) is 2.90. The maximum absolute atomic E-state index is 11.9. The predicted molar refractivity (Wildman–Crippen MR) is 70.8 cm³/mol. The van der Waals surface area contributed by atoms with E-state index in [4.69, 9.17) is 4.74 Å². The summed E-state index contributed by atoms with van der Waals surface area (Å²) in [5, 5.41) is 6.89. The summed E-state index contributed by atoms with van der Waals surface area (Å²) in [7, 11) is 0. The zero-order valence-corrected chi connectivity index (χ0v) is 11.2. The molecule has 1 aromatic rings. The van der Waals surface area contributed by atoms with Gasteiger partial charge in [-0.1, -0.05) is 19.3 Å². The van der Waals surface area contributed by atoms with Gasteiger partial charge in [-0.05, 0) is 24.8 Å². The molecule has 19 heavy (non-hydrogen) atoms. The zero-order chi connectivity index (χ0) is 13.1. The van der Waals surface area contributed by atoms with Crippen LogP contribution in [0.3, 0.4) is 0 Å². The minimum absolute atomic E-state index is 0.152. The Morgan fingerprint density at radius 1 is 1.37 bits per heavy atom. The fourth-order valence-corrected chi connectivity index (χ4v) is 2.95. The van der Waals surface area contributed by atoms with Crippen molar-refractivity contribution in [3.05, 3.63) is 18.0 Å². The van der Waals surface area contributed by atoms with E-state index >= 15 is 0 Å². The van der Waals surface area contributed by atoms with Crippen LogP contribution in [-0.2, 0) is 4.74 Å². The van der Waals surface area contributed by atoms with E-state index in [1.807, 2.05) is 6.07 Å². The lowest BCUT2D eigenvalue weighted by molar-refractivity contribution is 0.0549. The molecule has 5 heteroatoms. The Morgan fingerprint density at radius 3 is 2.84 bits per heavy atom. The van der Waals surface area contributed by atoms with Crippen LogP contribution in [0, 0.1) is 5.92 Å². The summed E-state index contributed by atoms with van der Waals surface area (Å²) >= 11 is 0. The van der Waals surface area contributed by atoms with Crippen molar-refractivity contribution in [2.24, 2.45) is 5.92 Å². The fourth-order valence-electron chi connectivity index (χ4n) is 2.95. The van der Waals surface area contributed by atoms with E-state index in [0.29, 0.717) is 18.4 Å². The van der Waals surface area contributed by atoms with Gasteiger partial charge in [0.25, 0.3) is 0 Å². The van der Waals surface area contributed by atoms with Gasteiger partial charge in [-0.25, -0.2) is 4.79 Å². The van der Waals surface area contributed by atoms with Crippen LogP contribution < -0.4 is 0 Å². The lowest BCUT2D eigenvalue weighted by Crippen LogP contribution is -2.49. The molecule has 0 bridgehead atoms. The zero-order valence-electron chi connectivity index (χ0n) is 11.2. The molecule has 1 aliphatic heterocycles. The second-order valence-corrected chi connectivity index (χ2v) is 5.69. The van der Waals surface area contributed by atoms with Gasteiger partial charge in [0.1, 0.15) is 0 Å². The number of ether oxygens (including phenoxy) is 1.